The van der Waals surface area contributed by atoms with Gasteiger partial charge < -0.3 is 4.90 Å². The number of halogens is 3. The average molecular weight is 387 g/mol. The summed E-state index contributed by atoms with van der Waals surface area (Å²) in [5, 5.41) is 2.95. The normalized spacial score (nSPS) is 13.5. The van der Waals surface area contributed by atoms with Gasteiger partial charge in [-0.1, -0.05) is 59.6 Å². The van der Waals surface area contributed by atoms with Crippen molar-refractivity contribution < 1.29 is 4.84 Å². The summed E-state index contributed by atoms with van der Waals surface area (Å²) in [7, 11) is 1.89. The van der Waals surface area contributed by atoms with E-state index < -0.39 is 0 Å². The minimum atomic E-state index is 0. The van der Waals surface area contributed by atoms with Crippen LogP contribution in [-0.4, -0.2) is 31.2 Å². The van der Waals surface area contributed by atoms with E-state index in [9.17, 15) is 0 Å². The van der Waals surface area contributed by atoms with Gasteiger partial charge in [-0.05, 0) is 17.7 Å². The highest BCUT2D eigenvalue weighted by atomic mass is 35.5. The molecule has 0 spiro atoms. The molecule has 2 aromatic rings. The van der Waals surface area contributed by atoms with Gasteiger partial charge in [0.15, 0.2) is 0 Å². The zero-order valence-electron chi connectivity index (χ0n) is 13.2. The van der Waals surface area contributed by atoms with Gasteiger partial charge in [0.05, 0.1) is 28.8 Å². The molecule has 1 heterocycles. The van der Waals surface area contributed by atoms with E-state index in [-0.39, 0.29) is 12.4 Å². The third-order valence-electron chi connectivity index (χ3n) is 3.58. The first-order chi connectivity index (χ1) is 11.2. The SMILES string of the molecule is CN(C1=NCCN1OCc1ccccc1)c1c(Cl)cccc1Cl.Cl. The van der Waals surface area contributed by atoms with Gasteiger partial charge in [-0.15, -0.1) is 12.4 Å². The lowest BCUT2D eigenvalue weighted by Crippen LogP contribution is -2.40. The highest BCUT2D eigenvalue weighted by Gasteiger charge is 2.25. The smallest absolute Gasteiger partial charge is 0.225 e. The molecule has 0 unspecified atom stereocenters. The summed E-state index contributed by atoms with van der Waals surface area (Å²) in [6.07, 6.45) is 0. The number of hydroxylamine groups is 2. The van der Waals surface area contributed by atoms with Crippen molar-refractivity contribution in [2.75, 3.05) is 25.0 Å². The molecule has 0 saturated carbocycles. The summed E-state index contributed by atoms with van der Waals surface area (Å²) >= 11 is 12.6. The van der Waals surface area contributed by atoms with E-state index in [0.717, 1.165) is 11.3 Å². The fourth-order valence-corrected chi connectivity index (χ4v) is 3.10. The van der Waals surface area contributed by atoms with Crippen LogP contribution in [0.15, 0.2) is 53.5 Å². The predicted molar refractivity (Wildman–Crippen MR) is 102 cm³/mol. The number of anilines is 1. The number of hydrogen-bond acceptors (Lipinski definition) is 4. The van der Waals surface area contributed by atoms with Gasteiger partial charge >= 0.3 is 0 Å². The van der Waals surface area contributed by atoms with Crippen LogP contribution in [0.4, 0.5) is 5.69 Å². The second kappa shape index (κ2) is 8.58. The first kappa shape index (κ1) is 18.9. The lowest BCUT2D eigenvalue weighted by molar-refractivity contribution is -0.104. The first-order valence-electron chi connectivity index (χ1n) is 7.33. The van der Waals surface area contributed by atoms with Gasteiger partial charge in [0, 0.05) is 7.05 Å². The van der Waals surface area contributed by atoms with E-state index in [2.05, 4.69) is 4.99 Å². The van der Waals surface area contributed by atoms with Crippen molar-refractivity contribution in [1.29, 1.82) is 0 Å². The van der Waals surface area contributed by atoms with Crippen LogP contribution in [0.3, 0.4) is 0 Å². The summed E-state index contributed by atoms with van der Waals surface area (Å²) in [5.74, 6) is 0.705. The standard InChI is InChI=1S/C17H17Cl2N3O.ClH/c1-21(16-14(18)8-5-9-15(16)19)17-20-10-11-22(17)23-12-13-6-3-2-4-7-13;/h2-9H,10-12H2,1H3;1H. The van der Waals surface area contributed by atoms with E-state index in [1.54, 1.807) is 5.06 Å². The molecule has 3 rings (SSSR count). The topological polar surface area (TPSA) is 28.1 Å². The molecule has 0 N–H and O–H groups in total. The number of benzene rings is 2. The Morgan fingerprint density at radius 1 is 1.08 bits per heavy atom. The number of rotatable bonds is 4. The predicted octanol–water partition coefficient (Wildman–Crippen LogP) is 4.65. The number of hydrogen-bond donors (Lipinski definition) is 0. The third-order valence-corrected chi connectivity index (χ3v) is 4.19. The molecule has 0 aliphatic carbocycles. The Bertz CT molecular complexity index is 689. The summed E-state index contributed by atoms with van der Waals surface area (Å²) in [6, 6.07) is 15.5. The molecule has 7 heteroatoms. The summed E-state index contributed by atoms with van der Waals surface area (Å²) < 4.78 is 0. The molecule has 0 saturated heterocycles. The molecule has 0 aromatic heterocycles. The monoisotopic (exact) mass is 385 g/mol. The number of para-hydroxylation sites is 1. The highest BCUT2D eigenvalue weighted by Crippen LogP contribution is 2.33. The summed E-state index contributed by atoms with van der Waals surface area (Å²) in [6.45, 7) is 1.87. The van der Waals surface area contributed by atoms with Crippen molar-refractivity contribution in [3.05, 3.63) is 64.1 Å². The van der Waals surface area contributed by atoms with Gasteiger partial charge in [-0.3, -0.25) is 4.84 Å². The minimum absolute atomic E-state index is 0. The molecule has 0 fully saturated rings. The minimum Gasteiger partial charge on any atom is -0.311 e. The van der Waals surface area contributed by atoms with Crippen molar-refractivity contribution in [2.45, 2.75) is 6.61 Å². The quantitative estimate of drug-likeness (QED) is 0.765. The third kappa shape index (κ3) is 4.14. The van der Waals surface area contributed by atoms with Crippen molar-refractivity contribution in [3.8, 4) is 0 Å². The molecule has 0 bridgehead atoms. The van der Waals surface area contributed by atoms with Crippen LogP contribution in [0.25, 0.3) is 0 Å². The maximum Gasteiger partial charge on any atom is 0.225 e. The van der Waals surface area contributed by atoms with Crippen molar-refractivity contribution in [1.82, 2.24) is 5.06 Å². The van der Waals surface area contributed by atoms with E-state index in [4.69, 9.17) is 28.0 Å². The molecule has 2 aromatic carbocycles. The van der Waals surface area contributed by atoms with Gasteiger partial charge in [0.1, 0.15) is 6.61 Å². The fraction of sp³-hybridized carbons (Fsp3) is 0.235. The van der Waals surface area contributed by atoms with E-state index in [0.29, 0.717) is 35.7 Å². The summed E-state index contributed by atoms with van der Waals surface area (Å²) in [5.41, 5.74) is 1.84. The van der Waals surface area contributed by atoms with Crippen molar-refractivity contribution in [2.24, 2.45) is 4.99 Å². The molecule has 1 aliphatic rings. The first-order valence-corrected chi connectivity index (χ1v) is 8.09. The molecule has 0 amide bonds. The van der Waals surface area contributed by atoms with E-state index in [1.807, 2.05) is 60.5 Å². The highest BCUT2D eigenvalue weighted by molar-refractivity contribution is 6.39. The molecular formula is C17H18Cl3N3O. The molecule has 4 nitrogen and oxygen atoms in total. The maximum atomic E-state index is 6.28. The van der Waals surface area contributed by atoms with Crippen LogP contribution < -0.4 is 4.90 Å². The number of guanidine groups is 1. The van der Waals surface area contributed by atoms with Crippen LogP contribution >= 0.6 is 35.6 Å². The molecule has 128 valence electrons. The van der Waals surface area contributed by atoms with Gasteiger partial charge in [0.25, 0.3) is 0 Å². The molecular weight excluding hydrogens is 369 g/mol. The van der Waals surface area contributed by atoms with Crippen LogP contribution in [-0.2, 0) is 11.4 Å². The van der Waals surface area contributed by atoms with Gasteiger partial charge in [-0.25, -0.2) is 10.1 Å². The molecule has 24 heavy (non-hydrogen) atoms. The van der Waals surface area contributed by atoms with Crippen LogP contribution in [0.5, 0.6) is 0 Å². The Morgan fingerprint density at radius 2 is 1.75 bits per heavy atom. The fourth-order valence-electron chi connectivity index (χ4n) is 2.45. The Hall–Kier alpha value is -1.46. The lowest BCUT2D eigenvalue weighted by atomic mass is 10.2. The number of aliphatic imine (C=N–C) groups is 1. The summed E-state index contributed by atoms with van der Waals surface area (Å²) in [4.78, 5) is 12.3. The van der Waals surface area contributed by atoms with Gasteiger partial charge in [-0.2, -0.15) is 0 Å². The van der Waals surface area contributed by atoms with Crippen LogP contribution in [0, 0.1) is 0 Å². The van der Waals surface area contributed by atoms with Gasteiger partial charge in [0.2, 0.25) is 5.96 Å². The van der Waals surface area contributed by atoms with Crippen LogP contribution in [0.1, 0.15) is 5.56 Å². The van der Waals surface area contributed by atoms with E-state index >= 15 is 0 Å². The van der Waals surface area contributed by atoms with Crippen molar-refractivity contribution in [3.63, 3.8) is 0 Å². The lowest BCUT2D eigenvalue weighted by Gasteiger charge is -2.28. The second-order valence-electron chi connectivity index (χ2n) is 5.17. The Labute approximate surface area is 158 Å². The Kier molecular flexibility index (Phi) is 6.75. The zero-order chi connectivity index (χ0) is 16.2. The Balaban J connectivity index is 0.00000208. The second-order valence-corrected chi connectivity index (χ2v) is 5.99. The maximum absolute atomic E-state index is 6.28. The van der Waals surface area contributed by atoms with Crippen molar-refractivity contribution >= 4 is 47.3 Å². The zero-order valence-corrected chi connectivity index (χ0v) is 15.5. The molecule has 0 atom stereocenters. The van der Waals surface area contributed by atoms with E-state index in [1.165, 1.54) is 0 Å². The number of nitrogens with zero attached hydrogens (tertiary/aromatic N) is 3. The average Bonchev–Trinajstić information content (AvgIpc) is 3.02. The molecule has 1 aliphatic heterocycles. The van der Waals surface area contributed by atoms with Crippen LogP contribution in [0.2, 0.25) is 10.0 Å². The largest absolute Gasteiger partial charge is 0.311 e. The molecule has 0 radical (unpaired) electrons. The Morgan fingerprint density at radius 3 is 2.42 bits per heavy atom.